The van der Waals surface area contributed by atoms with Crippen LogP contribution in [0.5, 0.6) is 0 Å². The number of nitrogens with one attached hydrogen (secondary N) is 1. The molecule has 1 aromatic heterocycles. The predicted molar refractivity (Wildman–Crippen MR) is 71.5 cm³/mol. The average molecular weight is 240 g/mol. The van der Waals surface area contributed by atoms with E-state index < -0.39 is 0 Å². The number of amides is 1. The monoisotopic (exact) mass is 240 g/mol. The molecule has 0 unspecified atom stereocenters. The van der Waals surface area contributed by atoms with Gasteiger partial charge in [0, 0.05) is 23.7 Å². The summed E-state index contributed by atoms with van der Waals surface area (Å²) in [7, 11) is 0. The topological polar surface area (TPSA) is 42.0 Å². The molecule has 1 aliphatic rings. The van der Waals surface area contributed by atoms with Crippen LogP contribution in [0.25, 0.3) is 10.9 Å². The molecule has 1 amide bonds. The van der Waals surface area contributed by atoms with Gasteiger partial charge >= 0.3 is 0 Å². The van der Waals surface area contributed by atoms with E-state index in [-0.39, 0.29) is 5.91 Å². The van der Waals surface area contributed by atoms with Gasteiger partial charge in [0.25, 0.3) is 5.91 Å². The molecule has 0 aliphatic heterocycles. The Morgan fingerprint density at radius 1 is 1.44 bits per heavy atom. The van der Waals surface area contributed by atoms with E-state index in [1.807, 2.05) is 31.2 Å². The van der Waals surface area contributed by atoms with Gasteiger partial charge in [-0.25, -0.2) is 0 Å². The smallest absolute Gasteiger partial charge is 0.251 e. The second-order valence-corrected chi connectivity index (χ2v) is 5.02. The number of hydrogen-bond acceptors (Lipinski definition) is 2. The molecule has 1 saturated carbocycles. The zero-order valence-electron chi connectivity index (χ0n) is 10.4. The predicted octanol–water partition coefficient (Wildman–Crippen LogP) is 2.68. The lowest BCUT2D eigenvalue weighted by atomic mass is 10.1. The van der Waals surface area contributed by atoms with E-state index in [2.05, 4.69) is 10.3 Å². The Bertz CT molecular complexity index is 602. The minimum absolute atomic E-state index is 0.0238. The standard InChI is InChI=1S/C15H16N2O/c1-10-7-13(15(18)17-9-11-4-5-11)8-12-3-2-6-16-14(10)12/h2-3,6-8,11H,4-5,9H2,1H3,(H,17,18). The molecule has 2 aromatic rings. The number of carbonyl (C=O) groups is 1. The maximum absolute atomic E-state index is 12.0. The first-order valence-electron chi connectivity index (χ1n) is 6.37. The Kier molecular flexibility index (Phi) is 2.74. The summed E-state index contributed by atoms with van der Waals surface area (Å²) in [6, 6.07) is 7.72. The van der Waals surface area contributed by atoms with Crippen LogP contribution in [0.3, 0.4) is 0 Å². The molecule has 3 heteroatoms. The molecule has 92 valence electrons. The fourth-order valence-corrected chi connectivity index (χ4v) is 2.17. The quantitative estimate of drug-likeness (QED) is 0.896. The highest BCUT2D eigenvalue weighted by Crippen LogP contribution is 2.27. The summed E-state index contributed by atoms with van der Waals surface area (Å²) < 4.78 is 0. The lowest BCUT2D eigenvalue weighted by Gasteiger charge is -2.07. The Morgan fingerprint density at radius 2 is 2.28 bits per heavy atom. The van der Waals surface area contributed by atoms with Crippen LogP contribution < -0.4 is 5.32 Å². The van der Waals surface area contributed by atoms with Gasteiger partial charge in [-0.15, -0.1) is 0 Å². The molecule has 0 saturated heterocycles. The van der Waals surface area contributed by atoms with E-state index in [9.17, 15) is 4.79 Å². The lowest BCUT2D eigenvalue weighted by Crippen LogP contribution is -2.25. The largest absolute Gasteiger partial charge is 0.352 e. The van der Waals surface area contributed by atoms with Crippen LogP contribution in [0.1, 0.15) is 28.8 Å². The molecule has 0 atom stereocenters. The Labute approximate surface area is 106 Å². The third-order valence-corrected chi connectivity index (χ3v) is 3.41. The molecule has 0 spiro atoms. The number of aromatic nitrogens is 1. The van der Waals surface area contributed by atoms with Crippen LogP contribution in [0, 0.1) is 12.8 Å². The van der Waals surface area contributed by atoms with Crippen molar-refractivity contribution < 1.29 is 4.79 Å². The number of benzene rings is 1. The summed E-state index contributed by atoms with van der Waals surface area (Å²) >= 11 is 0. The first-order chi connectivity index (χ1) is 8.74. The second-order valence-electron chi connectivity index (χ2n) is 5.02. The zero-order chi connectivity index (χ0) is 12.5. The minimum atomic E-state index is 0.0238. The number of fused-ring (bicyclic) bond motifs is 1. The number of aryl methyl sites for hydroxylation is 1. The van der Waals surface area contributed by atoms with Crippen molar-refractivity contribution in [1.29, 1.82) is 0 Å². The summed E-state index contributed by atoms with van der Waals surface area (Å²) in [4.78, 5) is 16.4. The maximum Gasteiger partial charge on any atom is 0.251 e. The molecule has 1 aromatic carbocycles. The van der Waals surface area contributed by atoms with Crippen molar-refractivity contribution in [1.82, 2.24) is 10.3 Å². The Morgan fingerprint density at radius 3 is 3.06 bits per heavy atom. The van der Waals surface area contributed by atoms with Crippen molar-refractivity contribution in [3.8, 4) is 0 Å². The van der Waals surface area contributed by atoms with Crippen LogP contribution in [0.2, 0.25) is 0 Å². The highest BCUT2D eigenvalue weighted by molar-refractivity contribution is 5.98. The number of rotatable bonds is 3. The van der Waals surface area contributed by atoms with E-state index >= 15 is 0 Å². The highest BCUT2D eigenvalue weighted by Gasteiger charge is 2.22. The number of hydrogen-bond donors (Lipinski definition) is 1. The van der Waals surface area contributed by atoms with Gasteiger partial charge in [-0.3, -0.25) is 9.78 Å². The fraction of sp³-hybridized carbons (Fsp3) is 0.333. The number of pyridine rings is 1. The summed E-state index contributed by atoms with van der Waals surface area (Å²) in [6.45, 7) is 2.80. The normalized spacial score (nSPS) is 14.7. The van der Waals surface area contributed by atoms with E-state index in [0.717, 1.165) is 28.6 Å². The van der Waals surface area contributed by atoms with Crippen LogP contribution in [0.15, 0.2) is 30.5 Å². The molecular weight excluding hydrogens is 224 g/mol. The molecule has 3 nitrogen and oxygen atoms in total. The van der Waals surface area contributed by atoms with Crippen molar-refractivity contribution in [2.24, 2.45) is 5.92 Å². The van der Waals surface area contributed by atoms with Crippen molar-refractivity contribution in [3.63, 3.8) is 0 Å². The third kappa shape index (κ3) is 2.21. The second kappa shape index (κ2) is 4.41. The molecule has 18 heavy (non-hydrogen) atoms. The van der Waals surface area contributed by atoms with Crippen molar-refractivity contribution in [2.45, 2.75) is 19.8 Å². The van der Waals surface area contributed by atoms with Gasteiger partial charge in [0.2, 0.25) is 0 Å². The van der Waals surface area contributed by atoms with Gasteiger partial charge < -0.3 is 5.32 Å². The zero-order valence-corrected chi connectivity index (χ0v) is 10.4. The first kappa shape index (κ1) is 11.2. The molecule has 0 radical (unpaired) electrons. The van der Waals surface area contributed by atoms with E-state index in [4.69, 9.17) is 0 Å². The van der Waals surface area contributed by atoms with Crippen LogP contribution in [0.4, 0.5) is 0 Å². The highest BCUT2D eigenvalue weighted by atomic mass is 16.1. The lowest BCUT2D eigenvalue weighted by molar-refractivity contribution is 0.0952. The first-order valence-corrected chi connectivity index (χ1v) is 6.37. The molecule has 1 heterocycles. The SMILES string of the molecule is Cc1cc(C(=O)NCC2CC2)cc2cccnc12. The van der Waals surface area contributed by atoms with E-state index in [1.165, 1.54) is 12.8 Å². The van der Waals surface area contributed by atoms with Crippen molar-refractivity contribution >= 4 is 16.8 Å². The Balaban J connectivity index is 1.88. The number of nitrogens with zero attached hydrogens (tertiary/aromatic N) is 1. The molecular formula is C15H16N2O. The van der Waals surface area contributed by atoms with Crippen LogP contribution >= 0.6 is 0 Å². The van der Waals surface area contributed by atoms with E-state index in [0.29, 0.717) is 5.92 Å². The van der Waals surface area contributed by atoms with Crippen molar-refractivity contribution in [2.75, 3.05) is 6.54 Å². The summed E-state index contributed by atoms with van der Waals surface area (Å²) in [6.07, 6.45) is 4.28. The number of carbonyl (C=O) groups excluding carboxylic acids is 1. The third-order valence-electron chi connectivity index (χ3n) is 3.41. The molecule has 3 rings (SSSR count). The van der Waals surface area contributed by atoms with Crippen LogP contribution in [-0.4, -0.2) is 17.4 Å². The Hall–Kier alpha value is -1.90. The molecule has 0 bridgehead atoms. The molecule has 1 N–H and O–H groups in total. The van der Waals surface area contributed by atoms with Crippen molar-refractivity contribution in [3.05, 3.63) is 41.6 Å². The summed E-state index contributed by atoms with van der Waals surface area (Å²) in [5.74, 6) is 0.730. The van der Waals surface area contributed by atoms with E-state index in [1.54, 1.807) is 6.20 Å². The summed E-state index contributed by atoms with van der Waals surface area (Å²) in [5.41, 5.74) is 2.74. The fourth-order valence-electron chi connectivity index (χ4n) is 2.17. The van der Waals surface area contributed by atoms with Gasteiger partial charge in [0.1, 0.15) is 0 Å². The van der Waals surface area contributed by atoms with Gasteiger partial charge in [0.05, 0.1) is 5.52 Å². The van der Waals surface area contributed by atoms with Gasteiger partial charge in [-0.2, -0.15) is 0 Å². The van der Waals surface area contributed by atoms with Gasteiger partial charge in [-0.1, -0.05) is 6.07 Å². The van der Waals surface area contributed by atoms with Gasteiger partial charge in [0.15, 0.2) is 0 Å². The average Bonchev–Trinajstić information content (AvgIpc) is 3.20. The van der Waals surface area contributed by atoms with Crippen LogP contribution in [-0.2, 0) is 0 Å². The molecule has 1 fully saturated rings. The summed E-state index contributed by atoms with van der Waals surface area (Å²) in [5, 5.41) is 4.02. The maximum atomic E-state index is 12.0. The van der Waals surface area contributed by atoms with Gasteiger partial charge in [-0.05, 0) is 49.4 Å². The minimum Gasteiger partial charge on any atom is -0.352 e. The molecule has 1 aliphatic carbocycles.